The first-order chi connectivity index (χ1) is 11.0. The van der Waals surface area contributed by atoms with Gasteiger partial charge in [0.2, 0.25) is 0 Å². The molecule has 0 spiro atoms. The number of aryl methyl sites for hydroxylation is 1. The van der Waals surface area contributed by atoms with Gasteiger partial charge in [0.25, 0.3) is 5.91 Å². The molecule has 2 aromatic heterocycles. The quantitative estimate of drug-likeness (QED) is 0.857. The highest BCUT2D eigenvalue weighted by atomic mass is 16.5. The lowest BCUT2D eigenvalue weighted by atomic mass is 10.1. The number of amides is 1. The summed E-state index contributed by atoms with van der Waals surface area (Å²) in [6.07, 6.45) is 5.32. The lowest BCUT2D eigenvalue weighted by Crippen LogP contribution is -2.33. The Kier molecular flexibility index (Phi) is 4.14. The Bertz CT molecular complexity index is 721. The summed E-state index contributed by atoms with van der Waals surface area (Å²) in [6.45, 7) is 2.34. The maximum atomic E-state index is 12.1. The number of carbonyl (C=O) groups excluding carboxylic acids is 1. The molecule has 2 aromatic rings. The fourth-order valence-electron chi connectivity index (χ4n) is 2.80. The Hall–Kier alpha value is -2.64. The number of nitrogens with one attached hydrogen (secondary N) is 1. The number of aliphatic carboxylic acids is 1. The number of carboxylic acid groups (broad SMARTS) is 1. The molecule has 2 heterocycles. The van der Waals surface area contributed by atoms with Crippen LogP contribution >= 0.6 is 0 Å². The number of carboxylic acids is 1. The van der Waals surface area contributed by atoms with Crippen LogP contribution in [0.1, 0.15) is 41.1 Å². The molecule has 0 unspecified atom stereocenters. The van der Waals surface area contributed by atoms with E-state index in [0.717, 1.165) is 5.56 Å². The summed E-state index contributed by atoms with van der Waals surface area (Å²) in [6, 6.07) is 1.45. The van der Waals surface area contributed by atoms with Crippen LogP contribution in [0.2, 0.25) is 0 Å². The smallest absolute Gasteiger partial charge is 0.306 e. The Morgan fingerprint density at radius 3 is 2.96 bits per heavy atom. The Labute approximate surface area is 132 Å². The van der Waals surface area contributed by atoms with Crippen molar-refractivity contribution in [3.63, 3.8) is 0 Å². The molecule has 0 aliphatic heterocycles. The van der Waals surface area contributed by atoms with Gasteiger partial charge in [-0.2, -0.15) is 5.10 Å². The summed E-state index contributed by atoms with van der Waals surface area (Å²) < 4.78 is 6.86. The van der Waals surface area contributed by atoms with E-state index >= 15 is 0 Å². The zero-order chi connectivity index (χ0) is 16.4. The van der Waals surface area contributed by atoms with E-state index in [0.29, 0.717) is 31.6 Å². The van der Waals surface area contributed by atoms with Crippen molar-refractivity contribution in [3.05, 3.63) is 35.5 Å². The average molecular weight is 318 g/mol. The van der Waals surface area contributed by atoms with Crippen molar-refractivity contribution in [2.75, 3.05) is 0 Å². The molecule has 1 amide bonds. The number of rotatable bonds is 5. The van der Waals surface area contributed by atoms with Gasteiger partial charge < -0.3 is 14.9 Å². The molecule has 2 atom stereocenters. The van der Waals surface area contributed by atoms with E-state index in [1.54, 1.807) is 16.9 Å². The number of hydrogen-bond acceptors (Lipinski definition) is 5. The van der Waals surface area contributed by atoms with Gasteiger partial charge in [0.1, 0.15) is 6.54 Å². The molecule has 8 nitrogen and oxygen atoms in total. The highest BCUT2D eigenvalue weighted by Gasteiger charge is 2.31. The Morgan fingerprint density at radius 2 is 2.30 bits per heavy atom. The predicted octanol–water partition coefficient (Wildman–Crippen LogP) is 1.21. The van der Waals surface area contributed by atoms with Crippen LogP contribution in [-0.4, -0.2) is 38.0 Å². The van der Waals surface area contributed by atoms with Crippen molar-refractivity contribution in [3.8, 4) is 0 Å². The van der Waals surface area contributed by atoms with Gasteiger partial charge in [0.15, 0.2) is 11.5 Å². The van der Waals surface area contributed by atoms with Crippen LogP contribution in [0.3, 0.4) is 0 Å². The number of carbonyl (C=O) groups is 2. The second kappa shape index (κ2) is 6.23. The van der Waals surface area contributed by atoms with Gasteiger partial charge in [0, 0.05) is 18.3 Å². The molecule has 1 aliphatic rings. The van der Waals surface area contributed by atoms with E-state index in [9.17, 15) is 9.59 Å². The van der Waals surface area contributed by atoms with Crippen LogP contribution in [-0.2, 0) is 11.3 Å². The molecule has 0 saturated heterocycles. The normalized spacial score (nSPS) is 20.6. The number of nitrogens with zero attached hydrogens (tertiary/aromatic N) is 3. The molecule has 3 rings (SSSR count). The molecule has 1 fully saturated rings. The average Bonchev–Trinajstić information content (AvgIpc) is 3.20. The molecular formula is C15H18N4O4. The largest absolute Gasteiger partial charge is 0.481 e. The van der Waals surface area contributed by atoms with Gasteiger partial charge in [-0.1, -0.05) is 5.16 Å². The molecule has 1 saturated carbocycles. The van der Waals surface area contributed by atoms with E-state index in [-0.39, 0.29) is 23.6 Å². The van der Waals surface area contributed by atoms with Crippen LogP contribution in [0.4, 0.5) is 0 Å². The van der Waals surface area contributed by atoms with Crippen molar-refractivity contribution in [2.45, 2.75) is 38.8 Å². The SMILES string of the molecule is Cc1cnn(Cc2cc(C(=O)N[C@H]3CC[C@@H](C(=O)O)C3)no2)c1. The van der Waals surface area contributed by atoms with E-state index in [1.165, 1.54) is 0 Å². The van der Waals surface area contributed by atoms with Crippen LogP contribution < -0.4 is 5.32 Å². The molecule has 1 aliphatic carbocycles. The van der Waals surface area contributed by atoms with Crippen LogP contribution in [0.25, 0.3) is 0 Å². The third-order valence-electron chi connectivity index (χ3n) is 3.99. The summed E-state index contributed by atoms with van der Waals surface area (Å²) in [7, 11) is 0. The third-order valence-corrected chi connectivity index (χ3v) is 3.99. The van der Waals surface area contributed by atoms with E-state index < -0.39 is 5.97 Å². The van der Waals surface area contributed by atoms with Gasteiger partial charge >= 0.3 is 5.97 Å². The Balaban J connectivity index is 1.57. The van der Waals surface area contributed by atoms with Crippen molar-refractivity contribution in [1.29, 1.82) is 0 Å². The van der Waals surface area contributed by atoms with E-state index in [2.05, 4.69) is 15.6 Å². The van der Waals surface area contributed by atoms with Gasteiger partial charge in [-0.3, -0.25) is 14.3 Å². The number of hydrogen-bond donors (Lipinski definition) is 2. The van der Waals surface area contributed by atoms with Crippen molar-refractivity contribution in [2.24, 2.45) is 5.92 Å². The topological polar surface area (TPSA) is 110 Å². The highest BCUT2D eigenvalue weighted by Crippen LogP contribution is 2.25. The summed E-state index contributed by atoms with van der Waals surface area (Å²) in [5.41, 5.74) is 1.24. The molecule has 23 heavy (non-hydrogen) atoms. The van der Waals surface area contributed by atoms with Gasteiger partial charge in [-0.15, -0.1) is 0 Å². The molecule has 0 aromatic carbocycles. The minimum absolute atomic E-state index is 0.127. The standard InChI is InChI=1S/C15H18N4O4/c1-9-6-16-19(7-9)8-12-5-13(18-23-12)14(20)17-11-3-2-10(4-11)15(21)22/h5-7,10-11H,2-4,8H2,1H3,(H,17,20)(H,21,22)/t10-,11+/m1/s1. The van der Waals surface area contributed by atoms with Gasteiger partial charge in [0.05, 0.1) is 12.1 Å². The maximum Gasteiger partial charge on any atom is 0.306 e. The summed E-state index contributed by atoms with van der Waals surface area (Å²) in [4.78, 5) is 23.1. The molecule has 8 heteroatoms. The Morgan fingerprint density at radius 1 is 1.48 bits per heavy atom. The fraction of sp³-hybridized carbons (Fsp3) is 0.467. The summed E-state index contributed by atoms with van der Waals surface area (Å²) >= 11 is 0. The monoisotopic (exact) mass is 318 g/mol. The number of aromatic nitrogens is 3. The van der Waals surface area contributed by atoms with Gasteiger partial charge in [-0.05, 0) is 31.7 Å². The lowest BCUT2D eigenvalue weighted by molar-refractivity contribution is -0.141. The molecular weight excluding hydrogens is 300 g/mol. The van der Waals surface area contributed by atoms with E-state index in [4.69, 9.17) is 9.63 Å². The minimum atomic E-state index is -0.806. The molecule has 0 radical (unpaired) electrons. The highest BCUT2D eigenvalue weighted by molar-refractivity contribution is 5.92. The van der Waals surface area contributed by atoms with Crippen molar-refractivity contribution >= 4 is 11.9 Å². The first-order valence-corrected chi connectivity index (χ1v) is 7.49. The third kappa shape index (κ3) is 3.58. The van der Waals surface area contributed by atoms with Crippen molar-refractivity contribution < 1.29 is 19.2 Å². The van der Waals surface area contributed by atoms with Gasteiger partial charge in [-0.25, -0.2) is 0 Å². The van der Waals surface area contributed by atoms with Crippen LogP contribution in [0.5, 0.6) is 0 Å². The second-order valence-corrected chi connectivity index (χ2v) is 5.91. The first-order valence-electron chi connectivity index (χ1n) is 7.49. The van der Waals surface area contributed by atoms with Crippen LogP contribution in [0, 0.1) is 12.8 Å². The van der Waals surface area contributed by atoms with Crippen LogP contribution in [0.15, 0.2) is 23.0 Å². The molecule has 0 bridgehead atoms. The zero-order valence-electron chi connectivity index (χ0n) is 12.7. The lowest BCUT2D eigenvalue weighted by Gasteiger charge is -2.10. The minimum Gasteiger partial charge on any atom is -0.481 e. The first kappa shape index (κ1) is 15.3. The van der Waals surface area contributed by atoms with Crippen molar-refractivity contribution in [1.82, 2.24) is 20.3 Å². The summed E-state index contributed by atoms with van der Waals surface area (Å²) in [5.74, 6) is -0.989. The van der Waals surface area contributed by atoms with E-state index in [1.807, 2.05) is 13.1 Å². The fourth-order valence-corrected chi connectivity index (χ4v) is 2.80. The predicted molar refractivity (Wildman–Crippen MR) is 78.8 cm³/mol. The maximum absolute atomic E-state index is 12.1. The zero-order valence-corrected chi connectivity index (χ0v) is 12.7. The molecule has 2 N–H and O–H groups in total. The summed E-state index contributed by atoms with van der Waals surface area (Å²) in [5, 5.41) is 19.7. The second-order valence-electron chi connectivity index (χ2n) is 5.91. The molecule has 122 valence electrons.